The second-order valence-electron chi connectivity index (χ2n) is 9.20. The molecule has 0 N–H and O–H groups in total. The van der Waals surface area contributed by atoms with Crippen molar-refractivity contribution >= 4 is 5.65 Å². The third-order valence-corrected chi connectivity index (χ3v) is 6.80. The van der Waals surface area contributed by atoms with E-state index in [2.05, 4.69) is 53.4 Å². The zero-order valence-electron chi connectivity index (χ0n) is 19.4. The average Bonchev–Trinajstić information content (AvgIpc) is 3.51. The summed E-state index contributed by atoms with van der Waals surface area (Å²) in [6, 6.07) is 20.9. The third kappa shape index (κ3) is 4.50. The number of piperidine rings is 1. The first-order valence-electron chi connectivity index (χ1n) is 12.4. The van der Waals surface area contributed by atoms with Crippen LogP contribution in [0.5, 0.6) is 11.5 Å². The van der Waals surface area contributed by atoms with Gasteiger partial charge in [-0.15, -0.1) is 0 Å². The van der Waals surface area contributed by atoms with Gasteiger partial charge < -0.3 is 9.47 Å². The number of pyridine rings is 1. The Morgan fingerprint density at radius 2 is 1.82 bits per heavy atom. The zero-order valence-corrected chi connectivity index (χ0v) is 19.4. The molecular weight excluding hydrogens is 424 g/mol. The van der Waals surface area contributed by atoms with E-state index < -0.39 is 0 Å². The maximum atomic E-state index is 5.97. The van der Waals surface area contributed by atoms with Crippen LogP contribution in [0, 0.1) is 0 Å². The van der Waals surface area contributed by atoms with Gasteiger partial charge in [0.25, 0.3) is 0 Å². The van der Waals surface area contributed by atoms with Crippen molar-refractivity contribution in [3.63, 3.8) is 0 Å². The number of ether oxygens (including phenoxy) is 2. The number of rotatable bonds is 7. The minimum Gasteiger partial charge on any atom is -0.493 e. The molecule has 2 aliphatic heterocycles. The van der Waals surface area contributed by atoms with Gasteiger partial charge in [-0.05, 0) is 79.5 Å². The molecule has 6 rings (SSSR count). The lowest BCUT2D eigenvalue weighted by molar-refractivity contribution is 0.183. The van der Waals surface area contributed by atoms with E-state index in [-0.39, 0.29) is 0 Å². The second kappa shape index (κ2) is 9.47. The summed E-state index contributed by atoms with van der Waals surface area (Å²) < 4.78 is 13.6. The first-order chi connectivity index (χ1) is 16.8. The Morgan fingerprint density at radius 3 is 2.71 bits per heavy atom. The number of likely N-dealkylation sites (tertiary alicyclic amines) is 1. The molecule has 2 aliphatic rings. The van der Waals surface area contributed by atoms with Crippen molar-refractivity contribution in [1.82, 2.24) is 19.5 Å². The summed E-state index contributed by atoms with van der Waals surface area (Å²) in [4.78, 5) is 7.28. The number of hydrogen-bond donors (Lipinski definition) is 0. The largest absolute Gasteiger partial charge is 0.493 e. The summed E-state index contributed by atoms with van der Waals surface area (Å²) in [6.45, 7) is 4.92. The molecule has 2 aromatic carbocycles. The van der Waals surface area contributed by atoms with Gasteiger partial charge in [0.15, 0.2) is 11.5 Å². The van der Waals surface area contributed by atoms with Crippen LogP contribution >= 0.6 is 0 Å². The van der Waals surface area contributed by atoms with E-state index in [0.717, 1.165) is 60.4 Å². The zero-order chi connectivity index (χ0) is 22.7. The maximum absolute atomic E-state index is 5.97. The summed E-state index contributed by atoms with van der Waals surface area (Å²) >= 11 is 0. The molecule has 1 fully saturated rings. The highest BCUT2D eigenvalue weighted by Gasteiger charge is 2.15. The first-order valence-corrected chi connectivity index (χ1v) is 12.4. The van der Waals surface area contributed by atoms with Crippen LogP contribution in [-0.4, -0.2) is 52.3 Å². The Labute approximate surface area is 200 Å². The van der Waals surface area contributed by atoms with Gasteiger partial charge in [-0.1, -0.05) is 24.6 Å². The van der Waals surface area contributed by atoms with Crippen molar-refractivity contribution < 1.29 is 9.47 Å². The van der Waals surface area contributed by atoms with Crippen molar-refractivity contribution in [2.45, 2.75) is 32.1 Å². The van der Waals surface area contributed by atoms with E-state index in [1.165, 1.54) is 43.5 Å². The van der Waals surface area contributed by atoms with Gasteiger partial charge in [0.2, 0.25) is 0 Å². The van der Waals surface area contributed by atoms with Gasteiger partial charge in [0.1, 0.15) is 18.1 Å². The number of fused-ring (bicyclic) bond motifs is 2. The highest BCUT2D eigenvalue weighted by molar-refractivity contribution is 5.65. The standard InChI is InChI=1S/C28H30N4O2/c1-2-14-31(15-3-1)16-18-33-24-10-7-21(8-11-24)19-27-29-28-6-4-5-25(32(28)30-27)22-9-12-26-23(20-22)13-17-34-26/h4-12,20H,1-3,13-19H2. The van der Waals surface area contributed by atoms with Gasteiger partial charge in [-0.3, -0.25) is 4.90 Å². The Morgan fingerprint density at radius 1 is 0.941 bits per heavy atom. The lowest BCUT2D eigenvalue weighted by atomic mass is 10.1. The number of nitrogens with zero attached hydrogens (tertiary/aromatic N) is 4. The summed E-state index contributed by atoms with van der Waals surface area (Å²) in [5.41, 5.74) is 5.48. The Hall–Kier alpha value is -3.38. The minimum absolute atomic E-state index is 0.688. The second-order valence-corrected chi connectivity index (χ2v) is 9.20. The normalized spacial score (nSPS) is 15.9. The summed E-state index contributed by atoms with van der Waals surface area (Å²) in [6.07, 6.45) is 5.64. The minimum atomic E-state index is 0.688. The molecule has 0 atom stereocenters. The van der Waals surface area contributed by atoms with Crippen molar-refractivity contribution in [2.75, 3.05) is 32.8 Å². The van der Waals surface area contributed by atoms with E-state index in [4.69, 9.17) is 19.6 Å². The predicted molar refractivity (Wildman–Crippen MR) is 133 cm³/mol. The van der Waals surface area contributed by atoms with E-state index in [9.17, 15) is 0 Å². The average molecular weight is 455 g/mol. The van der Waals surface area contributed by atoms with Gasteiger partial charge in [-0.2, -0.15) is 5.10 Å². The SMILES string of the molecule is c1cc(-c2ccc3c(c2)CCO3)n2nc(Cc3ccc(OCCN4CCCCC4)cc3)nc2c1. The van der Waals surface area contributed by atoms with Crippen LogP contribution in [0.2, 0.25) is 0 Å². The monoisotopic (exact) mass is 454 g/mol. The first kappa shape index (κ1) is 21.2. The fourth-order valence-corrected chi connectivity index (χ4v) is 4.95. The van der Waals surface area contributed by atoms with Gasteiger partial charge in [0.05, 0.1) is 12.3 Å². The molecule has 2 aromatic heterocycles. The molecule has 0 bridgehead atoms. The molecule has 1 saturated heterocycles. The molecule has 0 aliphatic carbocycles. The summed E-state index contributed by atoms with van der Waals surface area (Å²) in [5, 5.41) is 4.84. The van der Waals surface area contributed by atoms with Crippen LogP contribution < -0.4 is 9.47 Å². The fourth-order valence-electron chi connectivity index (χ4n) is 4.95. The lowest BCUT2D eigenvalue weighted by Gasteiger charge is -2.26. The molecule has 0 amide bonds. The number of hydrogen-bond acceptors (Lipinski definition) is 5. The maximum Gasteiger partial charge on any atom is 0.156 e. The van der Waals surface area contributed by atoms with E-state index in [1.807, 2.05) is 16.6 Å². The number of benzene rings is 2. The third-order valence-electron chi connectivity index (χ3n) is 6.80. The predicted octanol–water partition coefficient (Wildman–Crippen LogP) is 4.79. The van der Waals surface area contributed by atoms with Crippen LogP contribution in [0.1, 0.15) is 36.2 Å². The number of aromatic nitrogens is 3. The fraction of sp³-hybridized carbons (Fsp3) is 0.357. The van der Waals surface area contributed by atoms with Crippen molar-refractivity contribution in [1.29, 1.82) is 0 Å². The molecular formula is C28H30N4O2. The van der Waals surface area contributed by atoms with Crippen LogP contribution in [0.15, 0.2) is 60.7 Å². The molecule has 0 spiro atoms. The molecule has 4 aromatic rings. The van der Waals surface area contributed by atoms with Gasteiger partial charge >= 0.3 is 0 Å². The topological polar surface area (TPSA) is 51.9 Å². The lowest BCUT2D eigenvalue weighted by Crippen LogP contribution is -2.33. The van der Waals surface area contributed by atoms with E-state index >= 15 is 0 Å². The highest BCUT2D eigenvalue weighted by Crippen LogP contribution is 2.30. The summed E-state index contributed by atoms with van der Waals surface area (Å²) in [7, 11) is 0. The van der Waals surface area contributed by atoms with E-state index in [0.29, 0.717) is 6.42 Å². The summed E-state index contributed by atoms with van der Waals surface area (Å²) in [5.74, 6) is 2.73. The van der Waals surface area contributed by atoms with Crippen molar-refractivity contribution in [2.24, 2.45) is 0 Å². The Kier molecular flexibility index (Phi) is 5.90. The van der Waals surface area contributed by atoms with Crippen LogP contribution in [0.4, 0.5) is 0 Å². The molecule has 4 heterocycles. The molecule has 174 valence electrons. The molecule has 0 saturated carbocycles. The van der Waals surface area contributed by atoms with Crippen LogP contribution in [0.3, 0.4) is 0 Å². The molecule has 0 unspecified atom stereocenters. The quantitative estimate of drug-likeness (QED) is 0.402. The van der Waals surface area contributed by atoms with Gasteiger partial charge in [0, 0.05) is 24.9 Å². The van der Waals surface area contributed by atoms with Crippen LogP contribution in [-0.2, 0) is 12.8 Å². The van der Waals surface area contributed by atoms with Crippen molar-refractivity contribution in [3.8, 4) is 22.8 Å². The molecule has 34 heavy (non-hydrogen) atoms. The van der Waals surface area contributed by atoms with Crippen LogP contribution in [0.25, 0.3) is 16.9 Å². The molecule has 6 nitrogen and oxygen atoms in total. The van der Waals surface area contributed by atoms with E-state index in [1.54, 1.807) is 0 Å². The smallest absolute Gasteiger partial charge is 0.156 e. The Bertz CT molecular complexity index is 1280. The van der Waals surface area contributed by atoms with Crippen molar-refractivity contribution in [3.05, 3.63) is 77.6 Å². The molecule has 6 heteroatoms. The van der Waals surface area contributed by atoms with Gasteiger partial charge in [-0.25, -0.2) is 9.50 Å². The molecule has 0 radical (unpaired) electrons. The highest BCUT2D eigenvalue weighted by atomic mass is 16.5. The Balaban J connectivity index is 1.13.